The largest absolute Gasteiger partial charge is 0.466 e. The van der Waals surface area contributed by atoms with Gasteiger partial charge in [-0.3, -0.25) is 4.79 Å². The van der Waals surface area contributed by atoms with Gasteiger partial charge in [-0.15, -0.1) is 12.4 Å². The number of aliphatic hydroxyl groups is 1. The molecule has 0 aromatic carbocycles. The molecule has 6 heteroatoms. The predicted octanol–water partition coefficient (Wildman–Crippen LogP) is 3.66. The van der Waals surface area contributed by atoms with Crippen molar-refractivity contribution in [2.75, 3.05) is 20.2 Å². The van der Waals surface area contributed by atoms with Gasteiger partial charge in [-0.05, 0) is 19.4 Å². The second-order valence-electron chi connectivity index (χ2n) is 6.58. The maximum atomic E-state index is 11.6. The summed E-state index contributed by atoms with van der Waals surface area (Å²) in [4.78, 5) is 22.4. The van der Waals surface area contributed by atoms with Crippen LogP contribution in [0.25, 0.3) is 0 Å². The van der Waals surface area contributed by atoms with Crippen molar-refractivity contribution in [2.45, 2.75) is 83.7 Å². The zero-order chi connectivity index (χ0) is 18.0. The van der Waals surface area contributed by atoms with E-state index >= 15 is 0 Å². The second-order valence-corrected chi connectivity index (χ2v) is 6.58. The van der Waals surface area contributed by atoms with Crippen LogP contribution in [0.1, 0.15) is 77.6 Å². The molecule has 0 heterocycles. The third kappa shape index (κ3) is 18.0. The average molecular weight is 380 g/mol. The fourth-order valence-corrected chi connectivity index (χ4v) is 2.80. The van der Waals surface area contributed by atoms with Gasteiger partial charge in [0, 0.05) is 25.8 Å². The summed E-state index contributed by atoms with van der Waals surface area (Å²) in [5, 5.41) is 12.4. The zero-order valence-corrected chi connectivity index (χ0v) is 16.8. The molecule has 0 amide bonds. The standard InChI is InChI=1S/C19H37NO4.ClH/c1-3-4-5-6-9-17(12-14-21)10-7-8-11-19(23)24-15-13-18(22)16-20-2;/h14,17-18,20,22H,3-13,15-16H2,1-2H3;1H. The van der Waals surface area contributed by atoms with Crippen molar-refractivity contribution in [2.24, 2.45) is 5.92 Å². The van der Waals surface area contributed by atoms with Gasteiger partial charge >= 0.3 is 5.97 Å². The Bertz CT molecular complexity index is 316. The number of carbonyl (C=O) groups excluding carboxylic acids is 2. The van der Waals surface area contributed by atoms with Crippen LogP contribution in [0.15, 0.2) is 0 Å². The topological polar surface area (TPSA) is 75.6 Å². The van der Waals surface area contributed by atoms with Gasteiger partial charge in [0.1, 0.15) is 6.29 Å². The first-order valence-corrected chi connectivity index (χ1v) is 9.55. The molecule has 2 atom stereocenters. The lowest BCUT2D eigenvalue weighted by Crippen LogP contribution is -2.25. The minimum atomic E-state index is -0.473. The molecular formula is C19H38ClNO4. The molecule has 25 heavy (non-hydrogen) atoms. The first kappa shape index (κ1) is 26.6. The molecule has 0 fully saturated rings. The van der Waals surface area contributed by atoms with E-state index in [1.807, 2.05) is 0 Å². The van der Waals surface area contributed by atoms with E-state index in [1.165, 1.54) is 25.7 Å². The van der Waals surface area contributed by atoms with Crippen molar-refractivity contribution in [3.8, 4) is 0 Å². The molecule has 2 unspecified atom stereocenters. The number of carbonyl (C=O) groups is 2. The summed E-state index contributed by atoms with van der Waals surface area (Å²) in [6, 6.07) is 0. The molecule has 0 bridgehead atoms. The fourth-order valence-electron chi connectivity index (χ4n) is 2.80. The maximum Gasteiger partial charge on any atom is 0.305 e. The van der Waals surface area contributed by atoms with E-state index < -0.39 is 6.10 Å². The molecule has 0 aliphatic carbocycles. The monoisotopic (exact) mass is 379 g/mol. The summed E-state index contributed by atoms with van der Waals surface area (Å²) in [5.74, 6) is 0.272. The summed E-state index contributed by atoms with van der Waals surface area (Å²) < 4.78 is 5.12. The number of nitrogens with one attached hydrogen (secondary N) is 1. The number of aldehydes is 1. The van der Waals surface area contributed by atoms with E-state index in [4.69, 9.17) is 4.74 Å². The predicted molar refractivity (Wildman–Crippen MR) is 104 cm³/mol. The Morgan fingerprint density at radius 3 is 2.40 bits per heavy atom. The molecule has 0 saturated heterocycles. The van der Waals surface area contributed by atoms with E-state index in [0.29, 0.717) is 31.7 Å². The maximum absolute atomic E-state index is 11.6. The van der Waals surface area contributed by atoms with Gasteiger partial charge in [-0.2, -0.15) is 0 Å². The molecule has 0 aliphatic rings. The summed E-state index contributed by atoms with van der Waals surface area (Å²) in [5.41, 5.74) is 0. The molecule has 0 spiro atoms. The Morgan fingerprint density at radius 1 is 1.12 bits per heavy atom. The van der Waals surface area contributed by atoms with Crippen LogP contribution in [0, 0.1) is 5.92 Å². The van der Waals surface area contributed by atoms with Crippen molar-refractivity contribution in [3.05, 3.63) is 0 Å². The number of unbranched alkanes of at least 4 members (excludes halogenated alkanes) is 4. The number of hydrogen-bond donors (Lipinski definition) is 2. The van der Waals surface area contributed by atoms with E-state index in [2.05, 4.69) is 12.2 Å². The normalized spacial score (nSPS) is 12.9. The van der Waals surface area contributed by atoms with E-state index in [0.717, 1.165) is 32.0 Å². The van der Waals surface area contributed by atoms with E-state index in [1.54, 1.807) is 7.05 Å². The van der Waals surface area contributed by atoms with Gasteiger partial charge in [-0.25, -0.2) is 0 Å². The number of rotatable bonds is 17. The Morgan fingerprint density at radius 2 is 1.80 bits per heavy atom. The Kier molecular flexibility index (Phi) is 20.9. The number of hydrogen-bond acceptors (Lipinski definition) is 5. The highest BCUT2D eigenvalue weighted by Gasteiger charge is 2.10. The highest BCUT2D eigenvalue weighted by molar-refractivity contribution is 5.85. The van der Waals surface area contributed by atoms with Crippen LogP contribution in [0.3, 0.4) is 0 Å². The third-order valence-electron chi connectivity index (χ3n) is 4.29. The molecule has 0 aromatic heterocycles. The van der Waals surface area contributed by atoms with Gasteiger partial charge in [-0.1, -0.05) is 51.9 Å². The van der Waals surface area contributed by atoms with Gasteiger partial charge in [0.25, 0.3) is 0 Å². The van der Waals surface area contributed by atoms with Crippen LogP contribution in [0.2, 0.25) is 0 Å². The van der Waals surface area contributed by atoms with Gasteiger partial charge in [0.15, 0.2) is 0 Å². The molecule has 0 radical (unpaired) electrons. The van der Waals surface area contributed by atoms with Crippen molar-refractivity contribution in [1.29, 1.82) is 0 Å². The number of esters is 1. The lowest BCUT2D eigenvalue weighted by atomic mass is 9.92. The number of halogens is 1. The van der Waals surface area contributed by atoms with Crippen LogP contribution < -0.4 is 5.32 Å². The lowest BCUT2D eigenvalue weighted by molar-refractivity contribution is -0.144. The smallest absolute Gasteiger partial charge is 0.305 e. The summed E-state index contributed by atoms with van der Waals surface area (Å²) >= 11 is 0. The second kappa shape index (κ2) is 19.7. The molecule has 0 saturated carbocycles. The van der Waals surface area contributed by atoms with E-state index in [9.17, 15) is 14.7 Å². The SMILES string of the molecule is CCCCCCC(CC=O)CCCCC(=O)OCCC(O)CNC.Cl. The number of ether oxygens (including phenoxy) is 1. The van der Waals surface area contributed by atoms with Gasteiger partial charge in [0.05, 0.1) is 12.7 Å². The Balaban J connectivity index is 0. The van der Waals surface area contributed by atoms with Crippen molar-refractivity contribution in [3.63, 3.8) is 0 Å². The van der Waals surface area contributed by atoms with Gasteiger partial charge in [0.2, 0.25) is 0 Å². The van der Waals surface area contributed by atoms with Crippen LogP contribution in [0.5, 0.6) is 0 Å². The van der Waals surface area contributed by atoms with Crippen molar-refractivity contribution < 1.29 is 19.4 Å². The molecule has 2 N–H and O–H groups in total. The molecule has 150 valence electrons. The van der Waals surface area contributed by atoms with Crippen LogP contribution in [-0.4, -0.2) is 43.7 Å². The first-order valence-electron chi connectivity index (χ1n) is 9.55. The molecule has 5 nitrogen and oxygen atoms in total. The van der Waals surface area contributed by atoms with Crippen molar-refractivity contribution in [1.82, 2.24) is 5.32 Å². The van der Waals surface area contributed by atoms with E-state index in [-0.39, 0.29) is 25.0 Å². The number of likely N-dealkylation sites (N-methyl/N-ethyl adjacent to an activating group) is 1. The molecule has 0 rings (SSSR count). The molecular weight excluding hydrogens is 342 g/mol. The third-order valence-corrected chi connectivity index (χ3v) is 4.29. The number of aliphatic hydroxyl groups excluding tert-OH is 1. The minimum Gasteiger partial charge on any atom is -0.466 e. The van der Waals surface area contributed by atoms with Crippen LogP contribution in [0.4, 0.5) is 0 Å². The van der Waals surface area contributed by atoms with Crippen LogP contribution >= 0.6 is 12.4 Å². The Labute approximate surface area is 159 Å². The highest BCUT2D eigenvalue weighted by Crippen LogP contribution is 2.20. The van der Waals surface area contributed by atoms with Gasteiger partial charge < -0.3 is 20.0 Å². The minimum absolute atomic E-state index is 0. The molecule has 0 aromatic rings. The highest BCUT2D eigenvalue weighted by atomic mass is 35.5. The quantitative estimate of drug-likeness (QED) is 0.229. The zero-order valence-electron chi connectivity index (χ0n) is 16.0. The van der Waals surface area contributed by atoms with Crippen LogP contribution in [-0.2, 0) is 14.3 Å². The summed E-state index contributed by atoms with van der Waals surface area (Å²) in [6.45, 7) is 2.98. The molecule has 0 aliphatic heterocycles. The lowest BCUT2D eigenvalue weighted by Gasteiger charge is -2.14. The average Bonchev–Trinajstić information content (AvgIpc) is 2.55. The van der Waals surface area contributed by atoms with Crippen molar-refractivity contribution >= 4 is 24.7 Å². The Hall–Kier alpha value is -0.650. The summed E-state index contributed by atoms with van der Waals surface area (Å²) in [7, 11) is 1.77. The first-order chi connectivity index (χ1) is 11.6. The fraction of sp³-hybridized carbons (Fsp3) is 0.895. The summed E-state index contributed by atoms with van der Waals surface area (Å²) in [6.07, 6.45) is 10.9.